The van der Waals surface area contributed by atoms with Gasteiger partial charge in [-0.3, -0.25) is 9.69 Å². The van der Waals surface area contributed by atoms with E-state index in [-0.39, 0.29) is 23.3 Å². The van der Waals surface area contributed by atoms with E-state index in [0.717, 1.165) is 32.1 Å². The predicted molar refractivity (Wildman–Crippen MR) is 111 cm³/mol. The zero-order chi connectivity index (χ0) is 20.3. The maximum Gasteiger partial charge on any atom is 0.224 e. The molecule has 1 aliphatic heterocycles. The Labute approximate surface area is 169 Å². The molecule has 2 fully saturated rings. The molecule has 1 heterocycles. The minimum absolute atomic E-state index is 0.0376. The molecule has 1 saturated carbocycles. The Morgan fingerprint density at radius 1 is 1.29 bits per heavy atom. The van der Waals surface area contributed by atoms with E-state index < -0.39 is 0 Å². The van der Waals surface area contributed by atoms with E-state index in [9.17, 15) is 4.79 Å². The topological polar surface area (TPSA) is 50.8 Å². The number of nitrogens with zero attached hydrogens (tertiary/aromatic N) is 1. The van der Waals surface area contributed by atoms with Crippen molar-refractivity contribution in [3.05, 3.63) is 41.5 Å². The molecule has 1 aliphatic carbocycles. The average molecular weight is 387 g/mol. The molecule has 0 aromatic heterocycles. The molecule has 0 bridgehead atoms. The first-order valence-electron chi connectivity index (χ1n) is 10.2. The molecule has 1 saturated heterocycles. The van der Waals surface area contributed by atoms with Gasteiger partial charge < -0.3 is 14.8 Å². The van der Waals surface area contributed by atoms with Crippen LogP contribution in [-0.2, 0) is 9.53 Å². The number of benzene rings is 1. The zero-order valence-corrected chi connectivity index (χ0v) is 17.8. The van der Waals surface area contributed by atoms with E-state index >= 15 is 0 Å². The van der Waals surface area contributed by atoms with Crippen LogP contribution in [0.3, 0.4) is 0 Å². The number of carbonyl (C=O) groups excluding carboxylic acids is 1. The van der Waals surface area contributed by atoms with Gasteiger partial charge in [0.15, 0.2) is 0 Å². The quantitative estimate of drug-likeness (QED) is 0.730. The summed E-state index contributed by atoms with van der Waals surface area (Å²) in [6, 6.07) is 8.30. The first-order valence-corrected chi connectivity index (χ1v) is 10.2. The minimum Gasteiger partial charge on any atom is -0.497 e. The summed E-state index contributed by atoms with van der Waals surface area (Å²) in [5.74, 6) is 1.40. The van der Waals surface area contributed by atoms with Gasteiger partial charge in [-0.05, 0) is 42.9 Å². The molecule has 1 amide bonds. The molecule has 1 N–H and O–H groups in total. The molecule has 1 aromatic carbocycles. The lowest BCUT2D eigenvalue weighted by molar-refractivity contribution is -0.123. The van der Waals surface area contributed by atoms with E-state index in [0.29, 0.717) is 12.5 Å². The van der Waals surface area contributed by atoms with Crippen LogP contribution < -0.4 is 10.1 Å². The van der Waals surface area contributed by atoms with Crippen molar-refractivity contribution in [3.8, 4) is 5.75 Å². The Hall–Kier alpha value is -1.85. The molecule has 2 aliphatic rings. The summed E-state index contributed by atoms with van der Waals surface area (Å²) >= 11 is 0. The van der Waals surface area contributed by atoms with Gasteiger partial charge in [0, 0.05) is 19.6 Å². The Morgan fingerprint density at radius 3 is 2.50 bits per heavy atom. The third-order valence-corrected chi connectivity index (χ3v) is 6.16. The van der Waals surface area contributed by atoms with Crippen molar-refractivity contribution >= 4 is 5.91 Å². The smallest absolute Gasteiger partial charge is 0.224 e. The van der Waals surface area contributed by atoms with Crippen LogP contribution in [0.2, 0.25) is 0 Å². The van der Waals surface area contributed by atoms with Gasteiger partial charge in [-0.15, -0.1) is 0 Å². The minimum atomic E-state index is 0.0376. The lowest BCUT2D eigenvalue weighted by Crippen LogP contribution is -2.44. The monoisotopic (exact) mass is 386 g/mol. The van der Waals surface area contributed by atoms with Crippen molar-refractivity contribution < 1.29 is 14.3 Å². The van der Waals surface area contributed by atoms with E-state index in [1.54, 1.807) is 7.11 Å². The molecular formula is C23H34N2O3. The number of carbonyl (C=O) groups is 1. The van der Waals surface area contributed by atoms with E-state index in [1.165, 1.54) is 11.1 Å². The molecule has 1 aromatic rings. The number of ether oxygens (including phenoxy) is 2. The van der Waals surface area contributed by atoms with Crippen molar-refractivity contribution in [1.29, 1.82) is 0 Å². The molecule has 3 rings (SSSR count). The number of hydrogen-bond acceptors (Lipinski definition) is 4. The standard InChI is InChI=1S/C23H34N2O3/c1-16(2)14-19-21(23(19,3)4)22(26)24-15-20(25-10-12-28-13-11-25)17-6-8-18(27-5)9-7-17/h6-9,14,19-21H,10-13,15H2,1-5H3,(H,24,26). The van der Waals surface area contributed by atoms with Crippen LogP contribution in [0.1, 0.15) is 39.3 Å². The molecule has 5 nitrogen and oxygen atoms in total. The number of hydrogen-bond donors (Lipinski definition) is 1. The van der Waals surface area contributed by atoms with Crippen molar-refractivity contribution in [3.63, 3.8) is 0 Å². The lowest BCUT2D eigenvalue weighted by atomic mass is 10.0. The van der Waals surface area contributed by atoms with Crippen LogP contribution in [0.25, 0.3) is 0 Å². The lowest BCUT2D eigenvalue weighted by Gasteiger charge is -2.35. The molecular weight excluding hydrogens is 352 g/mol. The Bertz CT molecular complexity index is 701. The summed E-state index contributed by atoms with van der Waals surface area (Å²) in [7, 11) is 1.68. The van der Waals surface area contributed by atoms with Crippen LogP contribution in [0, 0.1) is 17.3 Å². The second-order valence-corrected chi connectivity index (χ2v) is 8.75. The van der Waals surface area contributed by atoms with Crippen LogP contribution >= 0.6 is 0 Å². The number of rotatable bonds is 7. The second kappa shape index (κ2) is 8.66. The first kappa shape index (κ1) is 20.9. The van der Waals surface area contributed by atoms with Gasteiger partial charge >= 0.3 is 0 Å². The van der Waals surface area contributed by atoms with E-state index in [1.807, 2.05) is 12.1 Å². The molecule has 154 valence electrons. The highest BCUT2D eigenvalue weighted by molar-refractivity contribution is 5.83. The summed E-state index contributed by atoms with van der Waals surface area (Å²) in [4.78, 5) is 15.3. The Kier molecular flexibility index (Phi) is 6.46. The highest BCUT2D eigenvalue weighted by Gasteiger charge is 2.60. The fraction of sp³-hybridized carbons (Fsp3) is 0.609. The highest BCUT2D eigenvalue weighted by atomic mass is 16.5. The number of amides is 1. The van der Waals surface area contributed by atoms with Crippen molar-refractivity contribution in [1.82, 2.24) is 10.2 Å². The number of morpholine rings is 1. The zero-order valence-electron chi connectivity index (χ0n) is 17.8. The van der Waals surface area contributed by atoms with Gasteiger partial charge in [0.2, 0.25) is 5.91 Å². The summed E-state index contributed by atoms with van der Waals surface area (Å²) in [6.45, 7) is 12.4. The van der Waals surface area contributed by atoms with Crippen molar-refractivity contribution in [2.24, 2.45) is 17.3 Å². The van der Waals surface area contributed by atoms with Crippen LogP contribution in [-0.4, -0.2) is 50.8 Å². The first-order chi connectivity index (χ1) is 13.3. The van der Waals surface area contributed by atoms with Crippen molar-refractivity contribution in [2.45, 2.75) is 33.7 Å². The Morgan fingerprint density at radius 2 is 1.93 bits per heavy atom. The van der Waals surface area contributed by atoms with Crippen molar-refractivity contribution in [2.75, 3.05) is 40.0 Å². The van der Waals surface area contributed by atoms with Gasteiger partial charge in [0.1, 0.15) is 5.75 Å². The van der Waals surface area contributed by atoms with Crippen LogP contribution in [0.4, 0.5) is 0 Å². The van der Waals surface area contributed by atoms with Gasteiger partial charge in [-0.1, -0.05) is 37.6 Å². The maximum absolute atomic E-state index is 12.9. The summed E-state index contributed by atoms with van der Waals surface area (Å²) in [6.07, 6.45) is 2.24. The third-order valence-electron chi connectivity index (χ3n) is 6.16. The largest absolute Gasteiger partial charge is 0.497 e. The maximum atomic E-state index is 12.9. The normalized spacial score (nSPS) is 24.9. The summed E-state index contributed by atoms with van der Waals surface area (Å²) in [5.41, 5.74) is 2.51. The second-order valence-electron chi connectivity index (χ2n) is 8.75. The molecule has 3 atom stereocenters. The van der Waals surface area contributed by atoms with E-state index in [4.69, 9.17) is 9.47 Å². The van der Waals surface area contributed by atoms with Gasteiger partial charge in [-0.2, -0.15) is 0 Å². The molecule has 28 heavy (non-hydrogen) atoms. The van der Waals surface area contributed by atoms with Gasteiger partial charge in [-0.25, -0.2) is 0 Å². The third kappa shape index (κ3) is 4.58. The number of nitrogens with one attached hydrogen (secondary N) is 1. The highest BCUT2D eigenvalue weighted by Crippen LogP contribution is 2.59. The fourth-order valence-corrected chi connectivity index (χ4v) is 4.33. The van der Waals surface area contributed by atoms with E-state index in [2.05, 4.69) is 56.1 Å². The molecule has 5 heteroatoms. The molecule has 0 spiro atoms. The van der Waals surface area contributed by atoms with Crippen LogP contribution in [0.15, 0.2) is 35.9 Å². The number of methoxy groups -OCH3 is 1. The summed E-state index contributed by atoms with van der Waals surface area (Å²) in [5, 5.41) is 3.25. The van der Waals surface area contributed by atoms with Gasteiger partial charge in [0.05, 0.1) is 32.3 Å². The average Bonchev–Trinajstić information content (AvgIpc) is 3.22. The Balaban J connectivity index is 1.69. The number of allylic oxidation sites excluding steroid dienone is 2. The molecule has 0 radical (unpaired) electrons. The van der Waals surface area contributed by atoms with Gasteiger partial charge in [0.25, 0.3) is 0 Å². The summed E-state index contributed by atoms with van der Waals surface area (Å²) < 4.78 is 10.8. The van der Waals surface area contributed by atoms with Crippen LogP contribution in [0.5, 0.6) is 5.75 Å². The fourth-order valence-electron chi connectivity index (χ4n) is 4.33. The molecule has 3 unspecified atom stereocenters. The SMILES string of the molecule is COc1ccc(C(CNC(=O)C2C(C=C(C)C)C2(C)C)N2CCOCC2)cc1. The predicted octanol–water partition coefficient (Wildman–Crippen LogP) is 3.42.